The van der Waals surface area contributed by atoms with Crippen molar-refractivity contribution in [1.29, 1.82) is 0 Å². The third-order valence-electron chi connectivity index (χ3n) is 2.82. The molecule has 0 aliphatic rings. The van der Waals surface area contributed by atoms with Gasteiger partial charge < -0.3 is 0 Å². The van der Waals surface area contributed by atoms with Crippen molar-refractivity contribution in [3.63, 3.8) is 0 Å². The van der Waals surface area contributed by atoms with Crippen LogP contribution in [-0.4, -0.2) is 20.0 Å². The predicted octanol–water partition coefficient (Wildman–Crippen LogP) is 3.69. The van der Waals surface area contributed by atoms with Crippen LogP contribution in [0.15, 0.2) is 48.5 Å². The maximum absolute atomic E-state index is 12.1. The van der Waals surface area contributed by atoms with E-state index in [2.05, 4.69) is 45.2 Å². The van der Waals surface area contributed by atoms with Crippen molar-refractivity contribution < 1.29 is 13.2 Å². The number of hydrogen-bond acceptors (Lipinski definition) is 3. The number of sulfone groups is 1. The van der Waals surface area contributed by atoms with Crippen molar-refractivity contribution in [2.45, 2.75) is 5.75 Å². The molecule has 2 aromatic rings. The minimum Gasteiger partial charge on any atom is -0.293 e. The molecule has 0 saturated heterocycles. The number of Topliss-reactive ketones (excluding diaryl/α,β-unsaturated/α-hetero) is 1. The lowest BCUT2D eigenvalue weighted by Crippen LogP contribution is -2.18. The van der Waals surface area contributed by atoms with Gasteiger partial charge in [0.2, 0.25) is 0 Å². The van der Waals surface area contributed by atoms with Crippen molar-refractivity contribution in [3.8, 4) is 0 Å². The quantitative estimate of drug-likeness (QED) is 0.442. The molecular weight excluding hydrogens is 514 g/mol. The van der Waals surface area contributed by atoms with Crippen molar-refractivity contribution in [2.24, 2.45) is 0 Å². The van der Waals surface area contributed by atoms with E-state index in [0.29, 0.717) is 11.1 Å². The second-order valence-electron chi connectivity index (χ2n) is 4.59. The molecule has 110 valence electrons. The molecule has 0 fully saturated rings. The maximum Gasteiger partial charge on any atom is 0.177 e. The standard InChI is InChI=1S/C15H12I2O3S/c16-13-5-1-11(2-6-13)9-21(19,20)10-15(18)12-3-7-14(17)8-4-12/h1-8H,9-10H2. The normalized spacial score (nSPS) is 11.3. The lowest BCUT2D eigenvalue weighted by molar-refractivity contribution is 0.102. The van der Waals surface area contributed by atoms with Crippen LogP contribution >= 0.6 is 45.2 Å². The Bertz CT molecular complexity index is 735. The summed E-state index contributed by atoms with van der Waals surface area (Å²) in [6.45, 7) is 0. The summed E-state index contributed by atoms with van der Waals surface area (Å²) in [5, 5.41) is 0. The molecule has 2 rings (SSSR count). The van der Waals surface area contributed by atoms with Gasteiger partial charge in [-0.05, 0) is 75.0 Å². The first kappa shape index (κ1) is 16.9. The predicted molar refractivity (Wildman–Crippen MR) is 100 cm³/mol. The Morgan fingerprint density at radius 2 is 1.33 bits per heavy atom. The maximum atomic E-state index is 12.1. The minimum absolute atomic E-state index is 0.111. The van der Waals surface area contributed by atoms with Gasteiger partial charge in [0.05, 0.1) is 5.75 Å². The van der Waals surface area contributed by atoms with Gasteiger partial charge in [0.15, 0.2) is 15.6 Å². The van der Waals surface area contributed by atoms with Gasteiger partial charge in [-0.25, -0.2) is 8.42 Å². The van der Waals surface area contributed by atoms with E-state index in [4.69, 9.17) is 0 Å². The van der Waals surface area contributed by atoms with Crippen molar-refractivity contribution in [3.05, 3.63) is 66.8 Å². The molecule has 2 aromatic carbocycles. The fourth-order valence-corrected chi connectivity index (χ4v) is 3.89. The summed E-state index contributed by atoms with van der Waals surface area (Å²) in [7, 11) is -3.46. The first-order valence-corrected chi connectivity index (χ1v) is 10.1. The van der Waals surface area contributed by atoms with Gasteiger partial charge in [-0.2, -0.15) is 0 Å². The van der Waals surface area contributed by atoms with Crippen molar-refractivity contribution in [1.82, 2.24) is 0 Å². The molecule has 6 heteroatoms. The number of carbonyl (C=O) groups excluding carboxylic acids is 1. The van der Waals surface area contributed by atoms with Crippen LogP contribution < -0.4 is 0 Å². The smallest absolute Gasteiger partial charge is 0.177 e. The molecule has 0 bridgehead atoms. The molecule has 0 aliphatic heterocycles. The summed E-state index contributed by atoms with van der Waals surface area (Å²) in [5.74, 6) is -0.934. The Labute approximate surface area is 151 Å². The summed E-state index contributed by atoms with van der Waals surface area (Å²) < 4.78 is 26.3. The van der Waals surface area contributed by atoms with E-state index < -0.39 is 15.6 Å². The highest BCUT2D eigenvalue weighted by molar-refractivity contribution is 14.1. The Kier molecular flexibility index (Phi) is 5.78. The van der Waals surface area contributed by atoms with Gasteiger partial charge in [0, 0.05) is 12.7 Å². The zero-order valence-electron chi connectivity index (χ0n) is 10.9. The summed E-state index contributed by atoms with van der Waals surface area (Å²) in [6.07, 6.45) is 0. The van der Waals surface area contributed by atoms with Crippen LogP contribution in [0.3, 0.4) is 0 Å². The molecule has 3 nitrogen and oxygen atoms in total. The Morgan fingerprint density at radius 3 is 1.86 bits per heavy atom. The van der Waals surface area contributed by atoms with Gasteiger partial charge in [0.1, 0.15) is 5.75 Å². The Morgan fingerprint density at radius 1 is 0.857 bits per heavy atom. The zero-order valence-corrected chi connectivity index (χ0v) is 16.1. The van der Waals surface area contributed by atoms with E-state index in [1.165, 1.54) is 0 Å². The molecule has 0 aliphatic carbocycles. The van der Waals surface area contributed by atoms with Gasteiger partial charge in [-0.1, -0.05) is 24.3 Å². The first-order chi connectivity index (χ1) is 9.85. The van der Waals surface area contributed by atoms with E-state index in [1.807, 2.05) is 12.1 Å². The molecule has 0 aromatic heterocycles. The summed E-state index contributed by atoms with van der Waals surface area (Å²) in [4.78, 5) is 12.0. The Hall–Kier alpha value is -0.480. The fourth-order valence-electron chi connectivity index (χ4n) is 1.80. The first-order valence-electron chi connectivity index (χ1n) is 6.09. The van der Waals surface area contributed by atoms with Crippen LogP contribution in [0.5, 0.6) is 0 Å². The molecular formula is C15H12I2O3S. The van der Waals surface area contributed by atoms with Crippen molar-refractivity contribution >= 4 is 60.8 Å². The van der Waals surface area contributed by atoms with Crippen LogP contribution in [0.1, 0.15) is 15.9 Å². The molecule has 0 unspecified atom stereocenters. The number of carbonyl (C=O) groups is 1. The second kappa shape index (κ2) is 7.19. The summed E-state index contributed by atoms with van der Waals surface area (Å²) >= 11 is 4.30. The van der Waals surface area contributed by atoms with E-state index in [-0.39, 0.29) is 11.5 Å². The SMILES string of the molecule is O=C(CS(=O)(=O)Cc1ccc(I)cc1)c1ccc(I)cc1. The van der Waals surface area contributed by atoms with Crippen LogP contribution in [0.25, 0.3) is 0 Å². The minimum atomic E-state index is -3.46. The molecule has 0 saturated carbocycles. The molecule has 0 amide bonds. The molecule has 0 radical (unpaired) electrons. The number of halogens is 2. The van der Waals surface area contributed by atoms with E-state index >= 15 is 0 Å². The largest absolute Gasteiger partial charge is 0.293 e. The molecule has 0 heterocycles. The average Bonchev–Trinajstić information content (AvgIpc) is 2.41. The lowest BCUT2D eigenvalue weighted by atomic mass is 10.2. The number of benzene rings is 2. The highest BCUT2D eigenvalue weighted by atomic mass is 127. The molecule has 0 atom stereocenters. The zero-order chi connectivity index (χ0) is 15.5. The monoisotopic (exact) mass is 526 g/mol. The number of hydrogen-bond donors (Lipinski definition) is 0. The molecule has 21 heavy (non-hydrogen) atoms. The lowest BCUT2D eigenvalue weighted by Gasteiger charge is -2.05. The van der Waals surface area contributed by atoms with E-state index in [1.54, 1.807) is 36.4 Å². The van der Waals surface area contributed by atoms with Gasteiger partial charge in [0.25, 0.3) is 0 Å². The summed E-state index contributed by atoms with van der Waals surface area (Å²) in [6, 6.07) is 14.1. The molecule has 0 spiro atoms. The van der Waals surface area contributed by atoms with Crippen LogP contribution in [-0.2, 0) is 15.6 Å². The third-order valence-corrected chi connectivity index (χ3v) is 5.73. The average molecular weight is 526 g/mol. The highest BCUT2D eigenvalue weighted by Crippen LogP contribution is 2.13. The van der Waals surface area contributed by atoms with Gasteiger partial charge in [-0.3, -0.25) is 4.79 Å². The number of ketones is 1. The van der Waals surface area contributed by atoms with E-state index in [9.17, 15) is 13.2 Å². The van der Waals surface area contributed by atoms with Gasteiger partial charge in [-0.15, -0.1) is 0 Å². The third kappa shape index (κ3) is 5.33. The second-order valence-corrected chi connectivity index (χ2v) is 9.14. The van der Waals surface area contributed by atoms with Crippen LogP contribution in [0.2, 0.25) is 0 Å². The van der Waals surface area contributed by atoms with Crippen LogP contribution in [0.4, 0.5) is 0 Å². The van der Waals surface area contributed by atoms with Crippen molar-refractivity contribution in [2.75, 3.05) is 5.75 Å². The highest BCUT2D eigenvalue weighted by Gasteiger charge is 2.18. The fraction of sp³-hybridized carbons (Fsp3) is 0.133. The Balaban J connectivity index is 2.08. The van der Waals surface area contributed by atoms with Crippen LogP contribution in [0, 0.1) is 7.14 Å². The topological polar surface area (TPSA) is 51.2 Å². The molecule has 0 N–H and O–H groups in total. The van der Waals surface area contributed by atoms with Gasteiger partial charge >= 0.3 is 0 Å². The van der Waals surface area contributed by atoms with E-state index in [0.717, 1.165) is 7.14 Å². The number of rotatable bonds is 5. The summed E-state index contributed by atoms with van der Waals surface area (Å²) in [5.41, 5.74) is 1.13.